The Morgan fingerprint density at radius 1 is 1.13 bits per heavy atom. The molecule has 1 aromatic carbocycles. The fraction of sp³-hybridized carbons (Fsp3) is 0.474. The fourth-order valence-corrected chi connectivity index (χ4v) is 4.39. The lowest BCUT2D eigenvalue weighted by Crippen LogP contribution is -2.51. The maximum atomic E-state index is 5.66. The maximum absolute atomic E-state index is 5.66. The van der Waals surface area contributed by atoms with E-state index in [1.54, 1.807) is 21.3 Å². The van der Waals surface area contributed by atoms with E-state index >= 15 is 0 Å². The van der Waals surface area contributed by atoms with Crippen molar-refractivity contribution in [2.24, 2.45) is 0 Å². The molecule has 2 atom stereocenters. The largest absolute Gasteiger partial charge is 0.493 e. The predicted molar refractivity (Wildman–Crippen MR) is 89.1 cm³/mol. The van der Waals surface area contributed by atoms with Gasteiger partial charge in [-0.3, -0.25) is 4.90 Å². The molecule has 3 aliphatic rings. The molecule has 0 saturated carbocycles. The van der Waals surface area contributed by atoms with Crippen molar-refractivity contribution in [1.29, 1.82) is 0 Å². The van der Waals surface area contributed by atoms with Crippen LogP contribution < -0.4 is 9.47 Å². The summed E-state index contributed by atoms with van der Waals surface area (Å²) in [4.78, 5) is 2.58. The molecule has 0 radical (unpaired) electrons. The van der Waals surface area contributed by atoms with Gasteiger partial charge in [0.25, 0.3) is 0 Å². The van der Waals surface area contributed by atoms with Gasteiger partial charge in [-0.2, -0.15) is 0 Å². The van der Waals surface area contributed by atoms with Crippen LogP contribution in [0.1, 0.15) is 17.5 Å². The number of ether oxygens (including phenoxy) is 3. The van der Waals surface area contributed by atoms with Crippen LogP contribution in [0.4, 0.5) is 0 Å². The fourth-order valence-electron chi connectivity index (χ4n) is 4.39. The van der Waals surface area contributed by atoms with E-state index in [0.717, 1.165) is 37.4 Å². The summed E-state index contributed by atoms with van der Waals surface area (Å²) in [6, 6.07) is 4.32. The van der Waals surface area contributed by atoms with Crippen LogP contribution in [0.3, 0.4) is 0 Å². The third-order valence-electron chi connectivity index (χ3n) is 5.54. The highest BCUT2D eigenvalue weighted by Gasteiger charge is 2.50. The van der Waals surface area contributed by atoms with Gasteiger partial charge >= 0.3 is 0 Å². The van der Waals surface area contributed by atoms with E-state index < -0.39 is 0 Å². The topological polar surface area (TPSA) is 30.9 Å². The second-order valence-electron chi connectivity index (χ2n) is 6.42. The van der Waals surface area contributed by atoms with Gasteiger partial charge in [0.1, 0.15) is 0 Å². The van der Waals surface area contributed by atoms with Gasteiger partial charge in [-0.1, -0.05) is 18.2 Å². The van der Waals surface area contributed by atoms with Crippen molar-refractivity contribution in [3.63, 3.8) is 0 Å². The van der Waals surface area contributed by atoms with E-state index in [4.69, 9.17) is 14.2 Å². The highest BCUT2D eigenvalue weighted by molar-refractivity contribution is 5.57. The molecule has 4 heteroatoms. The summed E-state index contributed by atoms with van der Waals surface area (Å²) in [5.74, 6) is 1.62. The minimum absolute atomic E-state index is 0.0808. The third kappa shape index (κ3) is 1.98. The lowest BCUT2D eigenvalue weighted by molar-refractivity contribution is 0.0513. The number of rotatable bonds is 3. The molecular weight excluding hydrogens is 290 g/mol. The Morgan fingerprint density at radius 2 is 1.91 bits per heavy atom. The molecule has 4 nitrogen and oxygen atoms in total. The third-order valence-corrected chi connectivity index (χ3v) is 5.54. The zero-order chi connectivity index (χ0) is 16.0. The normalized spacial score (nSPS) is 28.7. The van der Waals surface area contributed by atoms with E-state index in [1.165, 1.54) is 16.7 Å². The van der Waals surface area contributed by atoms with Gasteiger partial charge in [-0.15, -0.1) is 0 Å². The van der Waals surface area contributed by atoms with Crippen molar-refractivity contribution >= 4 is 0 Å². The van der Waals surface area contributed by atoms with Crippen LogP contribution in [0.15, 0.2) is 35.9 Å². The molecule has 2 heterocycles. The molecule has 0 bridgehead atoms. The summed E-state index contributed by atoms with van der Waals surface area (Å²) in [6.45, 7) is 2.07. The molecule has 0 unspecified atom stereocenters. The molecular formula is C19H23NO3. The molecule has 1 aromatic rings. The summed E-state index contributed by atoms with van der Waals surface area (Å²) in [5.41, 5.74) is 4.01. The average Bonchev–Trinajstić information content (AvgIpc) is 2.99. The number of methoxy groups -OCH3 is 3. The number of hydrogen-bond donors (Lipinski definition) is 0. The lowest BCUT2D eigenvalue weighted by Gasteiger charge is -2.48. The monoisotopic (exact) mass is 313 g/mol. The van der Waals surface area contributed by atoms with E-state index in [1.807, 2.05) is 0 Å². The summed E-state index contributed by atoms with van der Waals surface area (Å²) < 4.78 is 16.7. The van der Waals surface area contributed by atoms with E-state index in [0.29, 0.717) is 0 Å². The van der Waals surface area contributed by atoms with Crippen molar-refractivity contribution in [2.45, 2.75) is 24.5 Å². The molecule has 0 amide bonds. The molecule has 0 N–H and O–H groups in total. The first kappa shape index (κ1) is 14.8. The second-order valence-corrected chi connectivity index (χ2v) is 6.42. The van der Waals surface area contributed by atoms with Gasteiger partial charge in [0.05, 0.1) is 25.9 Å². The first-order valence-corrected chi connectivity index (χ1v) is 8.15. The minimum Gasteiger partial charge on any atom is -0.493 e. The van der Waals surface area contributed by atoms with Crippen LogP contribution in [-0.2, 0) is 16.7 Å². The van der Waals surface area contributed by atoms with Crippen LogP contribution in [0.2, 0.25) is 0 Å². The standard InChI is InChI=1S/C19H23NO3/c1-21-15-5-4-14-7-9-20-8-6-13-10-17(22-2)18(23-3)11-16(13)19(14,20)12-15/h4-5,7,10-11,15H,6,8-9,12H2,1-3H3/t15-,19-/m0/s1. The van der Waals surface area contributed by atoms with Crippen LogP contribution >= 0.6 is 0 Å². The lowest BCUT2D eigenvalue weighted by atomic mass is 9.71. The highest BCUT2D eigenvalue weighted by Crippen LogP contribution is 2.52. The summed E-state index contributed by atoms with van der Waals surface area (Å²) in [6.07, 6.45) is 8.91. The first-order chi connectivity index (χ1) is 11.2. The van der Waals surface area contributed by atoms with Crippen LogP contribution in [0.5, 0.6) is 11.5 Å². The predicted octanol–water partition coefficient (Wildman–Crippen LogP) is 2.67. The number of fused-ring (bicyclic) bond motifs is 1. The smallest absolute Gasteiger partial charge is 0.161 e. The van der Waals surface area contributed by atoms with E-state index in [2.05, 4.69) is 35.3 Å². The van der Waals surface area contributed by atoms with Crippen molar-refractivity contribution in [1.82, 2.24) is 4.90 Å². The quantitative estimate of drug-likeness (QED) is 0.858. The van der Waals surface area contributed by atoms with Crippen molar-refractivity contribution in [3.05, 3.63) is 47.1 Å². The van der Waals surface area contributed by atoms with E-state index in [9.17, 15) is 0 Å². The molecule has 0 fully saturated rings. The zero-order valence-electron chi connectivity index (χ0n) is 14.0. The second kappa shape index (κ2) is 5.39. The highest BCUT2D eigenvalue weighted by atomic mass is 16.5. The Hall–Kier alpha value is -1.78. The van der Waals surface area contributed by atoms with Gasteiger partial charge in [0.15, 0.2) is 11.5 Å². The maximum Gasteiger partial charge on any atom is 0.161 e. The summed E-state index contributed by atoms with van der Waals surface area (Å²) >= 11 is 0. The zero-order valence-corrected chi connectivity index (χ0v) is 14.0. The van der Waals surface area contributed by atoms with Crippen LogP contribution in [0.25, 0.3) is 0 Å². The first-order valence-electron chi connectivity index (χ1n) is 8.15. The molecule has 1 spiro atoms. The van der Waals surface area contributed by atoms with E-state index in [-0.39, 0.29) is 11.6 Å². The molecule has 4 rings (SSSR count). The van der Waals surface area contributed by atoms with Gasteiger partial charge < -0.3 is 14.2 Å². The average molecular weight is 313 g/mol. The Kier molecular flexibility index (Phi) is 3.47. The number of benzene rings is 1. The Balaban J connectivity index is 1.91. The number of hydrogen-bond acceptors (Lipinski definition) is 4. The van der Waals surface area contributed by atoms with Crippen LogP contribution in [-0.4, -0.2) is 45.4 Å². The Bertz CT molecular complexity index is 694. The van der Waals surface area contributed by atoms with Gasteiger partial charge in [0.2, 0.25) is 0 Å². The summed E-state index contributed by atoms with van der Waals surface area (Å²) in [7, 11) is 5.19. The molecule has 0 aromatic heterocycles. The van der Waals surface area contributed by atoms with Crippen LogP contribution in [0, 0.1) is 0 Å². The summed E-state index contributed by atoms with van der Waals surface area (Å²) in [5, 5.41) is 0. The minimum atomic E-state index is -0.0808. The van der Waals surface area contributed by atoms with Gasteiger partial charge in [0, 0.05) is 26.6 Å². The SMILES string of the molecule is COc1cc2c(cc1OC)[C@]13C[C@@H](OC)C=CC1=CCN3CC2. The van der Waals surface area contributed by atoms with Crippen molar-refractivity contribution in [3.8, 4) is 11.5 Å². The van der Waals surface area contributed by atoms with Crippen molar-refractivity contribution < 1.29 is 14.2 Å². The number of nitrogens with zero attached hydrogens (tertiary/aromatic N) is 1. The molecule has 23 heavy (non-hydrogen) atoms. The Labute approximate surface area is 137 Å². The molecule has 122 valence electrons. The molecule has 1 aliphatic carbocycles. The van der Waals surface area contributed by atoms with Gasteiger partial charge in [-0.25, -0.2) is 0 Å². The van der Waals surface area contributed by atoms with Crippen molar-refractivity contribution in [2.75, 3.05) is 34.4 Å². The molecule has 2 aliphatic heterocycles. The Morgan fingerprint density at radius 3 is 2.65 bits per heavy atom. The molecule has 0 saturated heterocycles. The van der Waals surface area contributed by atoms with Gasteiger partial charge in [-0.05, 0) is 35.3 Å².